The fraction of sp³-hybridized carbons (Fsp3) is 0.429. The van der Waals surface area contributed by atoms with E-state index in [1.807, 2.05) is 31.2 Å². The van der Waals surface area contributed by atoms with E-state index in [1.54, 1.807) is 7.11 Å². The van der Waals surface area contributed by atoms with Crippen LogP contribution in [0.2, 0.25) is 0 Å². The smallest absolute Gasteiger partial charge is 0.248 e. The van der Waals surface area contributed by atoms with E-state index in [0.717, 1.165) is 30.7 Å². The van der Waals surface area contributed by atoms with Gasteiger partial charge in [-0.05, 0) is 31.5 Å². The number of rotatable bonds is 7. The first kappa shape index (κ1) is 13.7. The molecule has 0 radical (unpaired) electrons. The van der Waals surface area contributed by atoms with Crippen LogP contribution < -0.4 is 5.32 Å². The highest BCUT2D eigenvalue weighted by molar-refractivity contribution is 5.57. The molecule has 0 aliphatic carbocycles. The van der Waals surface area contributed by atoms with Crippen molar-refractivity contribution in [2.45, 2.75) is 19.9 Å². The Labute approximate surface area is 113 Å². The minimum atomic E-state index is 0.576. The second-order valence-electron chi connectivity index (χ2n) is 4.34. The van der Waals surface area contributed by atoms with Crippen molar-refractivity contribution in [1.82, 2.24) is 15.5 Å². The lowest BCUT2D eigenvalue weighted by Gasteiger charge is -2.01. The molecule has 5 nitrogen and oxygen atoms in total. The maximum atomic E-state index is 5.64. The van der Waals surface area contributed by atoms with E-state index in [-0.39, 0.29) is 0 Å². The Morgan fingerprint density at radius 2 is 2.11 bits per heavy atom. The lowest BCUT2D eigenvalue weighted by Crippen LogP contribution is -2.16. The maximum absolute atomic E-state index is 5.64. The first-order chi connectivity index (χ1) is 9.31. The van der Waals surface area contributed by atoms with Crippen LogP contribution in [0, 0.1) is 6.92 Å². The Hall–Kier alpha value is -1.72. The molecule has 102 valence electrons. The van der Waals surface area contributed by atoms with E-state index in [4.69, 9.17) is 9.15 Å². The minimum Gasteiger partial charge on any atom is -0.419 e. The van der Waals surface area contributed by atoms with Gasteiger partial charge in [0.25, 0.3) is 0 Å². The molecule has 1 aromatic heterocycles. The fourth-order valence-corrected chi connectivity index (χ4v) is 1.78. The molecule has 1 N–H and O–H groups in total. The standard InChI is InChI=1S/C14H19N3O2/c1-11-6-3-4-7-12(11)14-17-16-13(19-14)10-15-8-5-9-18-2/h3-4,6-7,15H,5,8-10H2,1-2H3. The van der Waals surface area contributed by atoms with Gasteiger partial charge in [-0.3, -0.25) is 0 Å². The van der Waals surface area contributed by atoms with Crippen molar-refractivity contribution in [3.8, 4) is 11.5 Å². The third kappa shape index (κ3) is 3.87. The zero-order valence-corrected chi connectivity index (χ0v) is 11.3. The van der Waals surface area contributed by atoms with Gasteiger partial charge < -0.3 is 14.5 Å². The van der Waals surface area contributed by atoms with Crippen LogP contribution in [0.3, 0.4) is 0 Å². The van der Waals surface area contributed by atoms with Crippen LogP contribution in [0.15, 0.2) is 28.7 Å². The van der Waals surface area contributed by atoms with Crippen LogP contribution in [-0.4, -0.2) is 30.5 Å². The summed E-state index contributed by atoms with van der Waals surface area (Å²) in [4.78, 5) is 0. The van der Waals surface area contributed by atoms with Gasteiger partial charge in [0, 0.05) is 19.3 Å². The number of benzene rings is 1. The number of hydrogen-bond donors (Lipinski definition) is 1. The molecular weight excluding hydrogens is 242 g/mol. The van der Waals surface area contributed by atoms with Crippen molar-refractivity contribution in [3.05, 3.63) is 35.7 Å². The quantitative estimate of drug-likeness (QED) is 0.774. The van der Waals surface area contributed by atoms with Crippen LogP contribution in [0.1, 0.15) is 17.9 Å². The summed E-state index contributed by atoms with van der Waals surface area (Å²) >= 11 is 0. The Balaban J connectivity index is 1.91. The van der Waals surface area contributed by atoms with E-state index < -0.39 is 0 Å². The van der Waals surface area contributed by atoms with Crippen LogP contribution in [0.5, 0.6) is 0 Å². The first-order valence-corrected chi connectivity index (χ1v) is 6.39. The molecule has 0 aliphatic heterocycles. The number of ether oxygens (including phenoxy) is 1. The molecular formula is C14H19N3O2. The molecule has 1 aromatic carbocycles. The minimum absolute atomic E-state index is 0.576. The number of methoxy groups -OCH3 is 1. The lowest BCUT2D eigenvalue weighted by atomic mass is 10.1. The highest BCUT2D eigenvalue weighted by Crippen LogP contribution is 2.21. The fourth-order valence-electron chi connectivity index (χ4n) is 1.78. The molecule has 1 heterocycles. The zero-order valence-electron chi connectivity index (χ0n) is 11.3. The molecule has 2 rings (SSSR count). The third-order valence-electron chi connectivity index (χ3n) is 2.82. The number of nitrogens with one attached hydrogen (secondary N) is 1. The van der Waals surface area contributed by atoms with Crippen LogP contribution in [0.25, 0.3) is 11.5 Å². The summed E-state index contributed by atoms with van der Waals surface area (Å²) in [6.45, 7) is 4.24. The molecule has 0 amide bonds. The molecule has 0 fully saturated rings. The van der Waals surface area contributed by atoms with E-state index in [0.29, 0.717) is 18.3 Å². The normalized spacial score (nSPS) is 10.8. The highest BCUT2D eigenvalue weighted by atomic mass is 16.5. The van der Waals surface area contributed by atoms with Gasteiger partial charge in [-0.15, -0.1) is 10.2 Å². The van der Waals surface area contributed by atoms with Crippen LogP contribution in [-0.2, 0) is 11.3 Å². The monoisotopic (exact) mass is 261 g/mol. The summed E-state index contributed by atoms with van der Waals surface area (Å²) in [7, 11) is 1.70. The molecule has 19 heavy (non-hydrogen) atoms. The van der Waals surface area contributed by atoms with E-state index >= 15 is 0 Å². The van der Waals surface area contributed by atoms with Crippen molar-refractivity contribution in [2.24, 2.45) is 0 Å². The van der Waals surface area contributed by atoms with Crippen LogP contribution in [0.4, 0.5) is 0 Å². The topological polar surface area (TPSA) is 60.2 Å². The van der Waals surface area contributed by atoms with E-state index in [1.165, 1.54) is 0 Å². The molecule has 0 unspecified atom stereocenters. The summed E-state index contributed by atoms with van der Waals surface area (Å²) in [5.41, 5.74) is 2.12. The number of aromatic nitrogens is 2. The average molecular weight is 261 g/mol. The lowest BCUT2D eigenvalue weighted by molar-refractivity contribution is 0.194. The van der Waals surface area contributed by atoms with Gasteiger partial charge in [0.1, 0.15) is 0 Å². The van der Waals surface area contributed by atoms with Crippen molar-refractivity contribution in [3.63, 3.8) is 0 Å². The van der Waals surface area contributed by atoms with Gasteiger partial charge in [0.2, 0.25) is 11.8 Å². The van der Waals surface area contributed by atoms with Gasteiger partial charge in [0.05, 0.1) is 6.54 Å². The van der Waals surface area contributed by atoms with E-state index in [2.05, 4.69) is 15.5 Å². The van der Waals surface area contributed by atoms with Gasteiger partial charge in [-0.1, -0.05) is 18.2 Å². The van der Waals surface area contributed by atoms with Crippen molar-refractivity contribution < 1.29 is 9.15 Å². The largest absolute Gasteiger partial charge is 0.419 e. The second-order valence-corrected chi connectivity index (χ2v) is 4.34. The van der Waals surface area contributed by atoms with Gasteiger partial charge >= 0.3 is 0 Å². The maximum Gasteiger partial charge on any atom is 0.248 e. The molecule has 2 aromatic rings. The molecule has 0 saturated carbocycles. The summed E-state index contributed by atoms with van der Waals surface area (Å²) in [5.74, 6) is 1.18. The SMILES string of the molecule is COCCCNCc1nnc(-c2ccccc2C)o1. The van der Waals surface area contributed by atoms with Crippen molar-refractivity contribution in [2.75, 3.05) is 20.3 Å². The molecule has 0 bridgehead atoms. The van der Waals surface area contributed by atoms with Gasteiger partial charge in [0.15, 0.2) is 0 Å². The molecule has 0 aliphatic rings. The average Bonchev–Trinajstić information content (AvgIpc) is 2.88. The highest BCUT2D eigenvalue weighted by Gasteiger charge is 2.09. The predicted molar refractivity (Wildman–Crippen MR) is 72.7 cm³/mol. The zero-order chi connectivity index (χ0) is 13.5. The van der Waals surface area contributed by atoms with E-state index in [9.17, 15) is 0 Å². The Morgan fingerprint density at radius 1 is 1.26 bits per heavy atom. The summed E-state index contributed by atoms with van der Waals surface area (Å²) < 4.78 is 10.6. The molecule has 0 atom stereocenters. The van der Waals surface area contributed by atoms with Crippen molar-refractivity contribution >= 4 is 0 Å². The molecule has 0 spiro atoms. The second kappa shape index (κ2) is 7.01. The van der Waals surface area contributed by atoms with Gasteiger partial charge in [-0.2, -0.15) is 0 Å². The molecule has 0 saturated heterocycles. The van der Waals surface area contributed by atoms with Crippen molar-refractivity contribution in [1.29, 1.82) is 0 Å². The third-order valence-corrected chi connectivity index (χ3v) is 2.82. The summed E-state index contributed by atoms with van der Waals surface area (Å²) in [6, 6.07) is 7.98. The Morgan fingerprint density at radius 3 is 2.89 bits per heavy atom. The number of nitrogens with zero attached hydrogens (tertiary/aromatic N) is 2. The number of aryl methyl sites for hydroxylation is 1. The Kier molecular flexibility index (Phi) is 5.06. The first-order valence-electron chi connectivity index (χ1n) is 6.39. The molecule has 5 heteroatoms. The summed E-state index contributed by atoms with van der Waals surface area (Å²) in [5, 5.41) is 11.4. The predicted octanol–water partition coefficient (Wildman–Crippen LogP) is 2.17. The Bertz CT molecular complexity index is 511. The summed E-state index contributed by atoms with van der Waals surface area (Å²) in [6.07, 6.45) is 0.968. The number of hydrogen-bond acceptors (Lipinski definition) is 5. The van der Waals surface area contributed by atoms with Crippen LogP contribution >= 0.6 is 0 Å². The van der Waals surface area contributed by atoms with Gasteiger partial charge in [-0.25, -0.2) is 0 Å².